The maximum absolute atomic E-state index is 13.3. The quantitative estimate of drug-likeness (QED) is 0.936. The van der Waals surface area contributed by atoms with E-state index in [1.165, 1.54) is 0 Å². The molecule has 1 aliphatic heterocycles. The van der Waals surface area contributed by atoms with E-state index in [1.807, 2.05) is 6.07 Å². The van der Waals surface area contributed by atoms with E-state index < -0.39 is 6.55 Å². The molecule has 1 aromatic heterocycles. The van der Waals surface area contributed by atoms with Crippen molar-refractivity contribution in [2.24, 2.45) is 0 Å². The number of nitrogens with one attached hydrogen (secondary N) is 1. The molecule has 2 heterocycles. The van der Waals surface area contributed by atoms with E-state index in [9.17, 15) is 8.78 Å². The summed E-state index contributed by atoms with van der Waals surface area (Å²) in [5, 5.41) is 3.30. The number of piperazine rings is 1. The fraction of sp³-hybridized carbons (Fsp3) is 0.500. The molecule has 0 amide bonds. The Hall–Kier alpha value is -1.53. The molecule has 1 aliphatic rings. The van der Waals surface area contributed by atoms with Crippen LogP contribution in [0, 0.1) is 0 Å². The van der Waals surface area contributed by atoms with Crippen LogP contribution in [0.15, 0.2) is 24.3 Å². The maximum atomic E-state index is 13.3. The number of hydrogen-bond acceptors (Lipinski definition) is 3. The van der Waals surface area contributed by atoms with Crippen LogP contribution in [0.25, 0.3) is 11.0 Å². The summed E-state index contributed by atoms with van der Waals surface area (Å²) in [4.78, 5) is 6.57. The molecule has 0 bridgehead atoms. The number of rotatable bonds is 3. The molecule has 1 aromatic carbocycles. The Balaban J connectivity index is 1.95. The minimum atomic E-state index is -2.56. The van der Waals surface area contributed by atoms with Crippen molar-refractivity contribution in [1.82, 2.24) is 19.8 Å². The van der Waals surface area contributed by atoms with Crippen LogP contribution in [0.3, 0.4) is 0 Å². The first-order valence-electron chi connectivity index (χ1n) is 6.85. The van der Waals surface area contributed by atoms with Gasteiger partial charge in [-0.05, 0) is 19.1 Å². The van der Waals surface area contributed by atoms with E-state index >= 15 is 0 Å². The Morgan fingerprint density at radius 1 is 1.40 bits per heavy atom. The van der Waals surface area contributed by atoms with Crippen LogP contribution in [0.4, 0.5) is 8.78 Å². The van der Waals surface area contributed by atoms with Gasteiger partial charge in [-0.1, -0.05) is 12.1 Å². The molecule has 3 rings (SSSR count). The molecule has 1 fully saturated rings. The summed E-state index contributed by atoms with van der Waals surface area (Å²) in [6.45, 7) is 2.63. The summed E-state index contributed by atoms with van der Waals surface area (Å²) < 4.78 is 27.7. The van der Waals surface area contributed by atoms with Crippen molar-refractivity contribution in [3.63, 3.8) is 0 Å². The van der Waals surface area contributed by atoms with E-state index in [0.29, 0.717) is 29.4 Å². The highest BCUT2D eigenvalue weighted by molar-refractivity contribution is 5.75. The first-order valence-corrected chi connectivity index (χ1v) is 6.85. The second-order valence-corrected chi connectivity index (χ2v) is 5.19. The monoisotopic (exact) mass is 280 g/mol. The summed E-state index contributed by atoms with van der Waals surface area (Å²) in [5.41, 5.74) is 1.13. The standard InChI is InChI=1S/C14H18F2N4/c1-10-8-17-6-7-19(10)9-13-18-11-4-2-3-5-12(11)20(13)14(15)16/h2-5,10,14,17H,6-9H2,1H3/t10-/m0/s1. The molecular weight excluding hydrogens is 262 g/mol. The minimum Gasteiger partial charge on any atom is -0.314 e. The number of para-hydroxylation sites is 2. The Morgan fingerprint density at radius 3 is 2.95 bits per heavy atom. The molecule has 6 heteroatoms. The molecule has 0 unspecified atom stereocenters. The molecule has 2 aromatic rings. The summed E-state index contributed by atoms with van der Waals surface area (Å²) in [6.07, 6.45) is 0. The topological polar surface area (TPSA) is 33.1 Å². The lowest BCUT2D eigenvalue weighted by molar-refractivity contribution is 0.0655. The average molecular weight is 280 g/mol. The predicted molar refractivity (Wildman–Crippen MR) is 73.7 cm³/mol. The number of benzene rings is 1. The average Bonchev–Trinajstić information content (AvgIpc) is 2.79. The Morgan fingerprint density at radius 2 is 2.20 bits per heavy atom. The molecule has 0 radical (unpaired) electrons. The maximum Gasteiger partial charge on any atom is 0.320 e. The fourth-order valence-corrected chi connectivity index (χ4v) is 2.72. The molecule has 108 valence electrons. The number of aromatic nitrogens is 2. The van der Waals surface area contributed by atoms with Gasteiger partial charge in [0, 0.05) is 25.7 Å². The van der Waals surface area contributed by atoms with Gasteiger partial charge in [0.1, 0.15) is 5.82 Å². The molecule has 0 aliphatic carbocycles. The van der Waals surface area contributed by atoms with Crippen LogP contribution >= 0.6 is 0 Å². The number of halogens is 2. The summed E-state index contributed by atoms with van der Waals surface area (Å²) in [7, 11) is 0. The first kappa shape index (κ1) is 13.5. The molecule has 0 spiro atoms. The van der Waals surface area contributed by atoms with Crippen LogP contribution in [0.5, 0.6) is 0 Å². The van der Waals surface area contributed by atoms with Crippen molar-refractivity contribution in [2.45, 2.75) is 26.1 Å². The Bertz CT molecular complexity index is 596. The molecule has 4 nitrogen and oxygen atoms in total. The summed E-state index contributed by atoms with van der Waals surface area (Å²) in [6, 6.07) is 7.38. The van der Waals surface area contributed by atoms with Gasteiger partial charge < -0.3 is 5.32 Å². The minimum absolute atomic E-state index is 0.328. The largest absolute Gasteiger partial charge is 0.320 e. The van der Waals surface area contributed by atoms with Gasteiger partial charge in [0.15, 0.2) is 0 Å². The third-order valence-corrected chi connectivity index (χ3v) is 3.85. The van der Waals surface area contributed by atoms with Crippen molar-refractivity contribution in [3.05, 3.63) is 30.1 Å². The second kappa shape index (κ2) is 5.46. The van der Waals surface area contributed by atoms with Gasteiger partial charge in [-0.15, -0.1) is 0 Å². The van der Waals surface area contributed by atoms with E-state index in [-0.39, 0.29) is 0 Å². The normalized spacial score (nSPS) is 20.9. The van der Waals surface area contributed by atoms with Crippen LogP contribution in [0.1, 0.15) is 19.3 Å². The third kappa shape index (κ3) is 2.41. The molecule has 20 heavy (non-hydrogen) atoms. The van der Waals surface area contributed by atoms with Gasteiger partial charge >= 0.3 is 6.55 Å². The van der Waals surface area contributed by atoms with Crippen molar-refractivity contribution in [2.75, 3.05) is 19.6 Å². The van der Waals surface area contributed by atoms with Crippen molar-refractivity contribution < 1.29 is 8.78 Å². The van der Waals surface area contributed by atoms with Crippen molar-refractivity contribution >= 4 is 11.0 Å². The van der Waals surface area contributed by atoms with Gasteiger partial charge in [0.2, 0.25) is 0 Å². The Kier molecular flexibility index (Phi) is 3.67. The van der Waals surface area contributed by atoms with Gasteiger partial charge in [-0.3, -0.25) is 9.47 Å². The highest BCUT2D eigenvalue weighted by atomic mass is 19.3. The highest BCUT2D eigenvalue weighted by Gasteiger charge is 2.23. The zero-order valence-electron chi connectivity index (χ0n) is 11.4. The van der Waals surface area contributed by atoms with Crippen molar-refractivity contribution in [3.8, 4) is 0 Å². The Labute approximate surface area is 116 Å². The molecular formula is C14H18F2N4. The molecule has 1 saturated heterocycles. The van der Waals surface area contributed by atoms with E-state index in [4.69, 9.17) is 0 Å². The number of alkyl halides is 2. The zero-order valence-corrected chi connectivity index (χ0v) is 11.4. The van der Waals surface area contributed by atoms with Gasteiger partial charge in [-0.2, -0.15) is 8.78 Å². The van der Waals surface area contributed by atoms with Crippen LogP contribution < -0.4 is 5.32 Å². The third-order valence-electron chi connectivity index (χ3n) is 3.85. The number of fused-ring (bicyclic) bond motifs is 1. The SMILES string of the molecule is C[C@H]1CNCCN1Cc1nc2ccccc2n1C(F)F. The zero-order chi connectivity index (χ0) is 14.1. The number of imidazole rings is 1. The van der Waals surface area contributed by atoms with Gasteiger partial charge in [-0.25, -0.2) is 4.98 Å². The van der Waals surface area contributed by atoms with Crippen LogP contribution in [-0.4, -0.2) is 40.1 Å². The summed E-state index contributed by atoms with van der Waals surface area (Å²) in [5.74, 6) is 0.440. The second-order valence-electron chi connectivity index (χ2n) is 5.19. The van der Waals surface area contributed by atoms with Crippen LogP contribution in [-0.2, 0) is 6.54 Å². The van der Waals surface area contributed by atoms with E-state index in [2.05, 4.69) is 22.1 Å². The smallest absolute Gasteiger partial charge is 0.314 e. The predicted octanol–water partition coefficient (Wildman–Crippen LogP) is 2.23. The van der Waals surface area contributed by atoms with Crippen LogP contribution in [0.2, 0.25) is 0 Å². The van der Waals surface area contributed by atoms with Crippen molar-refractivity contribution in [1.29, 1.82) is 0 Å². The van der Waals surface area contributed by atoms with E-state index in [1.54, 1.807) is 18.2 Å². The molecule has 1 N–H and O–H groups in total. The van der Waals surface area contributed by atoms with Gasteiger partial charge in [0.05, 0.1) is 17.6 Å². The highest BCUT2D eigenvalue weighted by Crippen LogP contribution is 2.24. The molecule has 1 atom stereocenters. The lowest BCUT2D eigenvalue weighted by Gasteiger charge is -2.33. The number of nitrogens with zero attached hydrogens (tertiary/aromatic N) is 3. The van der Waals surface area contributed by atoms with E-state index in [0.717, 1.165) is 24.2 Å². The fourth-order valence-electron chi connectivity index (χ4n) is 2.72. The lowest BCUT2D eigenvalue weighted by Crippen LogP contribution is -2.49. The first-order chi connectivity index (χ1) is 9.66. The lowest BCUT2D eigenvalue weighted by atomic mass is 10.2. The molecule has 0 saturated carbocycles. The number of hydrogen-bond donors (Lipinski definition) is 1. The summed E-state index contributed by atoms with van der Waals surface area (Å²) >= 11 is 0. The van der Waals surface area contributed by atoms with Gasteiger partial charge in [0.25, 0.3) is 0 Å².